The highest BCUT2D eigenvalue weighted by atomic mass is 19.1. The van der Waals surface area contributed by atoms with Crippen LogP contribution in [-0.2, 0) is 6.42 Å². The van der Waals surface area contributed by atoms with Crippen LogP contribution in [-0.4, -0.2) is 6.54 Å². The van der Waals surface area contributed by atoms with Gasteiger partial charge in [-0.05, 0) is 38.1 Å². The lowest BCUT2D eigenvalue weighted by atomic mass is 9.99. The molecule has 1 aromatic heterocycles. The van der Waals surface area contributed by atoms with Crippen LogP contribution in [0.5, 0.6) is 0 Å². The fourth-order valence-electron chi connectivity index (χ4n) is 2.29. The van der Waals surface area contributed by atoms with E-state index < -0.39 is 0 Å². The van der Waals surface area contributed by atoms with Gasteiger partial charge in [0.15, 0.2) is 0 Å². The maximum absolute atomic E-state index is 13.9. The highest BCUT2D eigenvalue weighted by Crippen LogP contribution is 2.23. The standard InChI is InChI=1S/C16H20FNO/c1-3-18-16(9-7-13-5-4-10-19-13)14-11-12(2)6-8-15(14)17/h4-6,8,10-11,16,18H,3,7,9H2,1-2H3. The molecule has 0 saturated carbocycles. The minimum Gasteiger partial charge on any atom is -0.469 e. The summed E-state index contributed by atoms with van der Waals surface area (Å²) in [5.74, 6) is 0.798. The Balaban J connectivity index is 2.12. The Morgan fingerprint density at radius 2 is 2.16 bits per heavy atom. The minimum atomic E-state index is -0.143. The summed E-state index contributed by atoms with van der Waals surface area (Å²) >= 11 is 0. The Bertz CT molecular complexity index is 507. The first-order chi connectivity index (χ1) is 9.20. The second kappa shape index (κ2) is 6.53. The van der Waals surface area contributed by atoms with Crippen molar-refractivity contribution in [3.63, 3.8) is 0 Å². The summed E-state index contributed by atoms with van der Waals surface area (Å²) in [6.07, 6.45) is 3.30. The number of halogens is 1. The van der Waals surface area contributed by atoms with Gasteiger partial charge in [-0.2, -0.15) is 0 Å². The van der Waals surface area contributed by atoms with E-state index in [-0.39, 0.29) is 11.9 Å². The summed E-state index contributed by atoms with van der Waals surface area (Å²) in [6.45, 7) is 4.84. The second-order valence-electron chi connectivity index (χ2n) is 4.75. The Hall–Kier alpha value is -1.61. The number of rotatable bonds is 6. The number of benzene rings is 1. The first kappa shape index (κ1) is 13.8. The predicted octanol–water partition coefficient (Wildman–Crippen LogP) is 4.01. The molecular weight excluding hydrogens is 241 g/mol. The van der Waals surface area contributed by atoms with Crippen LogP contribution in [0.15, 0.2) is 41.0 Å². The molecule has 1 N–H and O–H groups in total. The number of nitrogens with one attached hydrogen (secondary N) is 1. The fourth-order valence-corrected chi connectivity index (χ4v) is 2.29. The quantitative estimate of drug-likeness (QED) is 0.850. The Morgan fingerprint density at radius 1 is 1.32 bits per heavy atom. The zero-order valence-electron chi connectivity index (χ0n) is 11.4. The molecule has 0 aliphatic rings. The number of hydrogen-bond acceptors (Lipinski definition) is 2. The van der Waals surface area contributed by atoms with Crippen molar-refractivity contribution in [3.05, 3.63) is 59.3 Å². The average Bonchev–Trinajstić information content (AvgIpc) is 2.91. The molecule has 0 spiro atoms. The SMILES string of the molecule is CCNC(CCc1ccco1)c1cc(C)ccc1F. The fraction of sp³-hybridized carbons (Fsp3) is 0.375. The highest BCUT2D eigenvalue weighted by Gasteiger charge is 2.15. The van der Waals surface area contributed by atoms with E-state index in [4.69, 9.17) is 4.42 Å². The maximum Gasteiger partial charge on any atom is 0.127 e. The number of aryl methyl sites for hydroxylation is 2. The molecule has 1 unspecified atom stereocenters. The maximum atomic E-state index is 13.9. The Labute approximate surface area is 113 Å². The number of furan rings is 1. The van der Waals surface area contributed by atoms with E-state index in [1.54, 1.807) is 18.4 Å². The van der Waals surface area contributed by atoms with Crippen molar-refractivity contribution >= 4 is 0 Å². The van der Waals surface area contributed by atoms with E-state index in [1.807, 2.05) is 32.0 Å². The average molecular weight is 261 g/mol. The van der Waals surface area contributed by atoms with Gasteiger partial charge in [0.1, 0.15) is 11.6 Å². The van der Waals surface area contributed by atoms with Crippen LogP contribution >= 0.6 is 0 Å². The van der Waals surface area contributed by atoms with Crippen molar-refractivity contribution in [3.8, 4) is 0 Å². The van der Waals surface area contributed by atoms with Gasteiger partial charge in [0.2, 0.25) is 0 Å². The summed E-state index contributed by atoms with van der Waals surface area (Å²) in [4.78, 5) is 0. The second-order valence-corrected chi connectivity index (χ2v) is 4.75. The molecule has 1 heterocycles. The largest absolute Gasteiger partial charge is 0.469 e. The van der Waals surface area contributed by atoms with E-state index in [9.17, 15) is 4.39 Å². The predicted molar refractivity (Wildman–Crippen MR) is 74.6 cm³/mol. The van der Waals surface area contributed by atoms with Crippen molar-refractivity contribution < 1.29 is 8.81 Å². The van der Waals surface area contributed by atoms with Crippen LogP contribution in [0.1, 0.15) is 36.3 Å². The van der Waals surface area contributed by atoms with Crippen LogP contribution < -0.4 is 5.32 Å². The zero-order valence-corrected chi connectivity index (χ0v) is 11.4. The molecule has 0 amide bonds. The molecule has 0 aliphatic heterocycles. The van der Waals surface area contributed by atoms with Crippen molar-refractivity contribution in [2.75, 3.05) is 6.54 Å². The summed E-state index contributed by atoms with van der Waals surface area (Å²) in [5.41, 5.74) is 1.82. The summed E-state index contributed by atoms with van der Waals surface area (Å²) in [5, 5.41) is 3.35. The molecule has 2 aromatic rings. The monoisotopic (exact) mass is 261 g/mol. The molecule has 2 rings (SSSR count). The van der Waals surface area contributed by atoms with Crippen LogP contribution in [0.25, 0.3) is 0 Å². The van der Waals surface area contributed by atoms with Crippen molar-refractivity contribution in [2.45, 2.75) is 32.7 Å². The van der Waals surface area contributed by atoms with E-state index in [0.717, 1.165) is 36.3 Å². The van der Waals surface area contributed by atoms with Gasteiger partial charge in [0, 0.05) is 18.0 Å². The summed E-state index contributed by atoms with van der Waals surface area (Å²) in [7, 11) is 0. The van der Waals surface area contributed by atoms with Gasteiger partial charge in [0.05, 0.1) is 6.26 Å². The third kappa shape index (κ3) is 3.67. The molecule has 1 aromatic carbocycles. The van der Waals surface area contributed by atoms with Gasteiger partial charge >= 0.3 is 0 Å². The van der Waals surface area contributed by atoms with Crippen LogP contribution in [0.3, 0.4) is 0 Å². The third-order valence-electron chi connectivity index (χ3n) is 3.24. The smallest absolute Gasteiger partial charge is 0.127 e. The highest BCUT2D eigenvalue weighted by molar-refractivity contribution is 5.27. The molecule has 0 radical (unpaired) electrons. The topological polar surface area (TPSA) is 25.2 Å². The molecule has 1 atom stereocenters. The Morgan fingerprint density at radius 3 is 2.84 bits per heavy atom. The lowest BCUT2D eigenvalue weighted by Crippen LogP contribution is -2.22. The van der Waals surface area contributed by atoms with Gasteiger partial charge in [-0.25, -0.2) is 4.39 Å². The zero-order chi connectivity index (χ0) is 13.7. The molecule has 3 heteroatoms. The normalized spacial score (nSPS) is 12.6. The Kier molecular flexibility index (Phi) is 4.74. The lowest BCUT2D eigenvalue weighted by molar-refractivity contribution is 0.446. The molecule has 0 saturated heterocycles. The third-order valence-corrected chi connectivity index (χ3v) is 3.24. The van der Waals surface area contributed by atoms with Gasteiger partial charge in [0.25, 0.3) is 0 Å². The number of hydrogen-bond donors (Lipinski definition) is 1. The van der Waals surface area contributed by atoms with E-state index >= 15 is 0 Å². The molecule has 0 fully saturated rings. The van der Waals surface area contributed by atoms with Crippen molar-refractivity contribution in [1.82, 2.24) is 5.32 Å². The van der Waals surface area contributed by atoms with Crippen LogP contribution in [0.2, 0.25) is 0 Å². The molecular formula is C16H20FNO. The minimum absolute atomic E-state index is 0.0231. The van der Waals surface area contributed by atoms with Gasteiger partial charge in [-0.1, -0.05) is 24.6 Å². The molecule has 2 nitrogen and oxygen atoms in total. The van der Waals surface area contributed by atoms with E-state index in [1.165, 1.54) is 0 Å². The van der Waals surface area contributed by atoms with Gasteiger partial charge < -0.3 is 9.73 Å². The molecule has 19 heavy (non-hydrogen) atoms. The summed E-state index contributed by atoms with van der Waals surface area (Å²) < 4.78 is 19.3. The van der Waals surface area contributed by atoms with Gasteiger partial charge in [-0.3, -0.25) is 0 Å². The van der Waals surface area contributed by atoms with E-state index in [2.05, 4.69) is 5.32 Å². The first-order valence-corrected chi connectivity index (χ1v) is 6.72. The molecule has 0 bridgehead atoms. The van der Waals surface area contributed by atoms with Crippen molar-refractivity contribution in [1.29, 1.82) is 0 Å². The first-order valence-electron chi connectivity index (χ1n) is 6.72. The molecule has 102 valence electrons. The van der Waals surface area contributed by atoms with Crippen LogP contribution in [0, 0.1) is 12.7 Å². The lowest BCUT2D eigenvalue weighted by Gasteiger charge is -2.19. The van der Waals surface area contributed by atoms with Crippen molar-refractivity contribution in [2.24, 2.45) is 0 Å². The van der Waals surface area contributed by atoms with Crippen LogP contribution in [0.4, 0.5) is 4.39 Å². The van der Waals surface area contributed by atoms with Gasteiger partial charge in [-0.15, -0.1) is 0 Å². The summed E-state index contributed by atoms with van der Waals surface area (Å²) in [6, 6.07) is 9.12. The van der Waals surface area contributed by atoms with E-state index in [0.29, 0.717) is 0 Å². The molecule has 0 aliphatic carbocycles.